The van der Waals surface area contributed by atoms with Crippen LogP contribution in [0.5, 0.6) is 0 Å². The van der Waals surface area contributed by atoms with Crippen LogP contribution in [0.2, 0.25) is 0 Å². The van der Waals surface area contributed by atoms with Crippen molar-refractivity contribution in [3.63, 3.8) is 0 Å². The highest BCUT2D eigenvalue weighted by Crippen LogP contribution is 2.17. The van der Waals surface area contributed by atoms with Gasteiger partial charge in [0, 0.05) is 6.54 Å². The first kappa shape index (κ1) is 14.6. The molecule has 0 aliphatic carbocycles. The summed E-state index contributed by atoms with van der Waals surface area (Å²) in [7, 11) is 0. The van der Waals surface area contributed by atoms with E-state index in [4.69, 9.17) is 5.73 Å². The largest absolute Gasteiger partial charge is 0.370 e. The predicted octanol–water partition coefficient (Wildman–Crippen LogP) is 2.67. The van der Waals surface area contributed by atoms with Crippen LogP contribution in [-0.2, 0) is 6.54 Å². The monoisotopic (exact) mass is 247 g/mol. The van der Waals surface area contributed by atoms with Crippen LogP contribution in [0.25, 0.3) is 0 Å². The fourth-order valence-corrected chi connectivity index (χ4v) is 1.99. The summed E-state index contributed by atoms with van der Waals surface area (Å²) in [5.41, 5.74) is 11.0. The molecule has 0 aromatic heterocycles. The average Bonchev–Trinajstić information content (AvgIpc) is 2.24. The van der Waals surface area contributed by atoms with Crippen LogP contribution in [0.15, 0.2) is 17.1 Å². The highest BCUT2D eigenvalue weighted by molar-refractivity contribution is 5.77. The zero-order chi connectivity index (χ0) is 13.7. The summed E-state index contributed by atoms with van der Waals surface area (Å²) in [5.74, 6) is 1.10. The van der Waals surface area contributed by atoms with E-state index in [0.29, 0.717) is 18.4 Å². The zero-order valence-corrected chi connectivity index (χ0v) is 12.2. The molecule has 0 aliphatic heterocycles. The van der Waals surface area contributed by atoms with Crippen LogP contribution in [0.1, 0.15) is 36.1 Å². The molecule has 0 unspecified atom stereocenters. The number of hydrogen-bond acceptors (Lipinski definition) is 1. The smallest absolute Gasteiger partial charge is 0.188 e. The molecule has 0 bridgehead atoms. The van der Waals surface area contributed by atoms with E-state index in [2.05, 4.69) is 57.1 Å². The van der Waals surface area contributed by atoms with E-state index < -0.39 is 0 Å². The molecule has 100 valence electrons. The highest BCUT2D eigenvalue weighted by Gasteiger charge is 2.03. The third-order valence-corrected chi connectivity index (χ3v) is 2.94. The Morgan fingerprint density at radius 3 is 2.28 bits per heavy atom. The number of nitrogens with two attached hydrogens (primary N) is 1. The molecule has 0 aliphatic rings. The molecular weight excluding hydrogens is 222 g/mol. The minimum atomic E-state index is 0.531. The van der Waals surface area contributed by atoms with Gasteiger partial charge < -0.3 is 11.1 Å². The maximum Gasteiger partial charge on any atom is 0.188 e. The van der Waals surface area contributed by atoms with Gasteiger partial charge in [0.25, 0.3) is 0 Å². The number of rotatable bonds is 4. The summed E-state index contributed by atoms with van der Waals surface area (Å²) < 4.78 is 0. The molecule has 0 amide bonds. The predicted molar refractivity (Wildman–Crippen MR) is 78.8 cm³/mol. The van der Waals surface area contributed by atoms with Crippen molar-refractivity contribution in [1.29, 1.82) is 0 Å². The van der Waals surface area contributed by atoms with Gasteiger partial charge in [-0.3, -0.25) is 0 Å². The van der Waals surface area contributed by atoms with Crippen molar-refractivity contribution in [2.24, 2.45) is 16.6 Å². The molecule has 0 heterocycles. The summed E-state index contributed by atoms with van der Waals surface area (Å²) in [6, 6.07) is 4.38. The molecule has 3 N–H and O–H groups in total. The lowest BCUT2D eigenvalue weighted by atomic mass is 10.00. The lowest BCUT2D eigenvalue weighted by Gasteiger charge is -2.11. The molecule has 0 saturated heterocycles. The third kappa shape index (κ3) is 4.40. The molecule has 0 fully saturated rings. The van der Waals surface area contributed by atoms with Crippen LogP contribution in [0.3, 0.4) is 0 Å². The first-order chi connectivity index (χ1) is 8.40. The first-order valence-electron chi connectivity index (χ1n) is 6.50. The number of hydrogen-bond donors (Lipinski definition) is 2. The van der Waals surface area contributed by atoms with Gasteiger partial charge in [-0.1, -0.05) is 31.5 Å². The third-order valence-electron chi connectivity index (χ3n) is 2.94. The molecule has 0 radical (unpaired) electrons. The first-order valence-corrected chi connectivity index (χ1v) is 6.50. The van der Waals surface area contributed by atoms with Crippen LogP contribution in [0, 0.1) is 26.7 Å². The normalized spacial score (nSPS) is 12.0. The molecule has 18 heavy (non-hydrogen) atoms. The Labute approximate surface area is 111 Å². The molecule has 0 spiro atoms. The van der Waals surface area contributed by atoms with Crippen molar-refractivity contribution in [1.82, 2.24) is 5.32 Å². The lowest BCUT2D eigenvalue weighted by molar-refractivity contribution is 0.622. The second kappa shape index (κ2) is 6.43. The summed E-state index contributed by atoms with van der Waals surface area (Å²) >= 11 is 0. The van der Waals surface area contributed by atoms with Crippen molar-refractivity contribution in [3.05, 3.63) is 34.4 Å². The van der Waals surface area contributed by atoms with Gasteiger partial charge >= 0.3 is 0 Å². The second-order valence-corrected chi connectivity index (χ2v) is 5.35. The van der Waals surface area contributed by atoms with Crippen molar-refractivity contribution in [2.45, 2.75) is 41.2 Å². The SMILES string of the molecule is Cc1cc(C)c(CN=C(N)NCC(C)C)c(C)c1. The number of aryl methyl sites for hydroxylation is 3. The summed E-state index contributed by atoms with van der Waals surface area (Å²) in [4.78, 5) is 4.40. The lowest BCUT2D eigenvalue weighted by Crippen LogP contribution is -2.34. The van der Waals surface area contributed by atoms with Gasteiger partial charge in [-0.15, -0.1) is 0 Å². The minimum absolute atomic E-state index is 0.531. The van der Waals surface area contributed by atoms with Crippen molar-refractivity contribution in [2.75, 3.05) is 6.54 Å². The Hall–Kier alpha value is -1.51. The topological polar surface area (TPSA) is 50.4 Å². The van der Waals surface area contributed by atoms with Crippen molar-refractivity contribution in [3.8, 4) is 0 Å². The summed E-state index contributed by atoms with van der Waals surface area (Å²) in [6.45, 7) is 12.2. The number of nitrogens with one attached hydrogen (secondary N) is 1. The van der Waals surface area contributed by atoms with Crippen LogP contribution >= 0.6 is 0 Å². The Morgan fingerprint density at radius 1 is 1.22 bits per heavy atom. The molecule has 0 atom stereocenters. The van der Waals surface area contributed by atoms with E-state index >= 15 is 0 Å². The van der Waals surface area contributed by atoms with Crippen LogP contribution < -0.4 is 11.1 Å². The highest BCUT2D eigenvalue weighted by atomic mass is 15.1. The van der Waals surface area contributed by atoms with E-state index in [1.165, 1.54) is 22.3 Å². The van der Waals surface area contributed by atoms with E-state index in [0.717, 1.165) is 6.54 Å². The Morgan fingerprint density at radius 2 is 1.78 bits per heavy atom. The Balaban J connectivity index is 2.71. The number of benzene rings is 1. The molecule has 0 saturated carbocycles. The van der Waals surface area contributed by atoms with Gasteiger partial charge in [0.2, 0.25) is 0 Å². The molecule has 1 aromatic carbocycles. The summed E-state index contributed by atoms with van der Waals surface area (Å²) in [5, 5.41) is 3.13. The van der Waals surface area contributed by atoms with Gasteiger partial charge in [-0.05, 0) is 43.4 Å². The van der Waals surface area contributed by atoms with Gasteiger partial charge in [0.05, 0.1) is 6.54 Å². The van der Waals surface area contributed by atoms with E-state index in [-0.39, 0.29) is 0 Å². The minimum Gasteiger partial charge on any atom is -0.370 e. The molecule has 1 aromatic rings. The fraction of sp³-hybridized carbons (Fsp3) is 0.533. The fourth-order valence-electron chi connectivity index (χ4n) is 1.99. The Bertz CT molecular complexity index is 410. The standard InChI is InChI=1S/C15H25N3/c1-10(2)8-17-15(16)18-9-14-12(4)6-11(3)7-13(14)5/h6-7,10H,8-9H2,1-5H3,(H3,16,17,18). The van der Waals surface area contributed by atoms with E-state index in [1.807, 2.05) is 0 Å². The number of guanidine groups is 1. The second-order valence-electron chi connectivity index (χ2n) is 5.35. The summed E-state index contributed by atoms with van der Waals surface area (Å²) in [6.07, 6.45) is 0. The van der Waals surface area contributed by atoms with Crippen LogP contribution in [-0.4, -0.2) is 12.5 Å². The quantitative estimate of drug-likeness (QED) is 0.635. The van der Waals surface area contributed by atoms with Gasteiger partial charge in [-0.25, -0.2) is 4.99 Å². The Kier molecular flexibility index (Phi) is 5.20. The van der Waals surface area contributed by atoms with E-state index in [1.54, 1.807) is 0 Å². The maximum atomic E-state index is 5.84. The van der Waals surface area contributed by atoms with Gasteiger partial charge in [-0.2, -0.15) is 0 Å². The van der Waals surface area contributed by atoms with Crippen molar-refractivity contribution < 1.29 is 0 Å². The average molecular weight is 247 g/mol. The van der Waals surface area contributed by atoms with Gasteiger partial charge in [0.15, 0.2) is 5.96 Å². The molecular formula is C15H25N3. The van der Waals surface area contributed by atoms with E-state index in [9.17, 15) is 0 Å². The molecule has 3 nitrogen and oxygen atoms in total. The molecule has 3 heteroatoms. The molecule has 1 rings (SSSR count). The van der Waals surface area contributed by atoms with Crippen molar-refractivity contribution >= 4 is 5.96 Å². The number of aliphatic imine (C=N–C) groups is 1. The zero-order valence-electron chi connectivity index (χ0n) is 12.2. The van der Waals surface area contributed by atoms with Gasteiger partial charge in [0.1, 0.15) is 0 Å². The number of nitrogens with zero attached hydrogens (tertiary/aromatic N) is 1. The maximum absolute atomic E-state index is 5.84. The van der Waals surface area contributed by atoms with Crippen LogP contribution in [0.4, 0.5) is 0 Å².